The van der Waals surface area contributed by atoms with Gasteiger partial charge in [-0.2, -0.15) is 0 Å². The molecule has 0 atom stereocenters. The van der Waals surface area contributed by atoms with Gasteiger partial charge in [0.25, 0.3) is 5.91 Å². The van der Waals surface area contributed by atoms with Crippen LogP contribution in [0.25, 0.3) is 0 Å². The number of anilines is 1. The molecule has 0 unspecified atom stereocenters. The molecule has 0 saturated heterocycles. The Labute approximate surface area is 148 Å². The van der Waals surface area contributed by atoms with Gasteiger partial charge in [0.05, 0.1) is 10.8 Å². The van der Waals surface area contributed by atoms with E-state index in [1.807, 2.05) is 6.07 Å². The number of hydrogen-bond acceptors (Lipinski definition) is 4. The van der Waals surface area contributed by atoms with Crippen LogP contribution < -0.4 is 5.32 Å². The number of ether oxygens (including phenoxy) is 1. The van der Waals surface area contributed by atoms with E-state index in [0.717, 1.165) is 0 Å². The van der Waals surface area contributed by atoms with Crippen molar-refractivity contribution in [2.75, 3.05) is 17.7 Å². The predicted octanol–water partition coefficient (Wildman–Crippen LogP) is 4.27. The molecule has 0 spiro atoms. The number of hydrogen-bond donors (Lipinski definition) is 1. The first-order chi connectivity index (χ1) is 11.0. The van der Waals surface area contributed by atoms with Crippen LogP contribution in [0.3, 0.4) is 0 Å². The van der Waals surface area contributed by atoms with Crippen LogP contribution in [0, 0.1) is 0 Å². The van der Waals surface area contributed by atoms with Gasteiger partial charge in [0.15, 0.2) is 6.61 Å². The highest BCUT2D eigenvalue weighted by Gasteiger charge is 2.10. The van der Waals surface area contributed by atoms with Gasteiger partial charge < -0.3 is 10.1 Å². The monoisotopic (exact) mass is 369 g/mol. The highest BCUT2D eigenvalue weighted by Crippen LogP contribution is 2.29. The zero-order valence-corrected chi connectivity index (χ0v) is 14.3. The van der Waals surface area contributed by atoms with Gasteiger partial charge >= 0.3 is 5.97 Å². The fourth-order valence-electron chi connectivity index (χ4n) is 1.63. The minimum atomic E-state index is -0.505. The SMILES string of the molecule is O=C(COC(=O)CSc1cc(Cl)ccc1Cl)Nc1ccccc1. The van der Waals surface area contributed by atoms with Gasteiger partial charge in [0.2, 0.25) is 0 Å². The minimum Gasteiger partial charge on any atom is -0.455 e. The molecular weight excluding hydrogens is 357 g/mol. The van der Waals surface area contributed by atoms with Crippen molar-refractivity contribution in [1.82, 2.24) is 0 Å². The van der Waals surface area contributed by atoms with Crippen LogP contribution in [-0.4, -0.2) is 24.2 Å². The van der Waals surface area contributed by atoms with Gasteiger partial charge in [-0.25, -0.2) is 0 Å². The van der Waals surface area contributed by atoms with Gasteiger partial charge in [-0.1, -0.05) is 41.4 Å². The van der Waals surface area contributed by atoms with Crippen molar-refractivity contribution in [2.45, 2.75) is 4.90 Å². The molecule has 0 aliphatic carbocycles. The summed E-state index contributed by atoms with van der Waals surface area (Å²) in [5.41, 5.74) is 0.647. The first kappa shape index (κ1) is 17.7. The molecule has 0 heterocycles. The first-order valence-electron chi connectivity index (χ1n) is 6.63. The van der Waals surface area contributed by atoms with E-state index < -0.39 is 11.9 Å². The number of amides is 1. The Bertz CT molecular complexity index is 695. The van der Waals surface area contributed by atoms with Crippen molar-refractivity contribution in [3.8, 4) is 0 Å². The van der Waals surface area contributed by atoms with Crippen molar-refractivity contribution >= 4 is 52.5 Å². The lowest BCUT2D eigenvalue weighted by atomic mass is 10.3. The summed E-state index contributed by atoms with van der Waals surface area (Å²) in [4.78, 5) is 24.0. The van der Waals surface area contributed by atoms with Crippen LogP contribution in [0.4, 0.5) is 5.69 Å². The fraction of sp³-hybridized carbons (Fsp3) is 0.125. The lowest BCUT2D eigenvalue weighted by Gasteiger charge is -2.07. The zero-order chi connectivity index (χ0) is 16.7. The van der Waals surface area contributed by atoms with Gasteiger partial charge in [-0.05, 0) is 30.3 Å². The molecule has 0 bridgehead atoms. The number of rotatable bonds is 6. The van der Waals surface area contributed by atoms with Crippen LogP contribution in [0.2, 0.25) is 10.0 Å². The summed E-state index contributed by atoms with van der Waals surface area (Å²) in [5.74, 6) is -0.858. The molecule has 0 aromatic heterocycles. The normalized spacial score (nSPS) is 10.2. The average molecular weight is 370 g/mol. The maximum atomic E-state index is 11.7. The molecule has 0 fully saturated rings. The summed E-state index contributed by atoms with van der Waals surface area (Å²) in [6.45, 7) is -0.336. The summed E-state index contributed by atoms with van der Waals surface area (Å²) in [6.07, 6.45) is 0. The highest BCUT2D eigenvalue weighted by atomic mass is 35.5. The van der Waals surface area contributed by atoms with Crippen LogP contribution in [0.5, 0.6) is 0 Å². The summed E-state index contributed by atoms with van der Waals surface area (Å²) in [7, 11) is 0. The number of nitrogens with one attached hydrogen (secondary N) is 1. The summed E-state index contributed by atoms with van der Waals surface area (Å²) >= 11 is 13.1. The topological polar surface area (TPSA) is 55.4 Å². The van der Waals surface area contributed by atoms with E-state index in [1.54, 1.807) is 42.5 Å². The number of esters is 1. The standard InChI is InChI=1S/C16H13Cl2NO3S/c17-11-6-7-13(18)14(8-11)23-10-16(21)22-9-15(20)19-12-4-2-1-3-5-12/h1-8H,9-10H2,(H,19,20). The maximum absolute atomic E-state index is 11.7. The number of carbonyl (C=O) groups is 2. The Morgan fingerprint density at radius 1 is 1.09 bits per heavy atom. The molecular formula is C16H13Cl2NO3S. The predicted molar refractivity (Wildman–Crippen MR) is 93.2 cm³/mol. The van der Waals surface area contributed by atoms with Crippen LogP contribution in [0.1, 0.15) is 0 Å². The lowest BCUT2D eigenvalue weighted by Crippen LogP contribution is -2.21. The van der Waals surface area contributed by atoms with E-state index in [4.69, 9.17) is 27.9 Å². The first-order valence-corrected chi connectivity index (χ1v) is 8.37. The van der Waals surface area contributed by atoms with Crippen molar-refractivity contribution < 1.29 is 14.3 Å². The van der Waals surface area contributed by atoms with E-state index in [1.165, 1.54) is 11.8 Å². The van der Waals surface area contributed by atoms with E-state index >= 15 is 0 Å². The molecule has 23 heavy (non-hydrogen) atoms. The van der Waals surface area contributed by atoms with Crippen molar-refractivity contribution in [3.05, 3.63) is 58.6 Å². The third kappa shape index (κ3) is 6.14. The number of para-hydroxylation sites is 1. The second-order valence-electron chi connectivity index (χ2n) is 4.44. The molecule has 0 saturated carbocycles. The summed E-state index contributed by atoms with van der Waals surface area (Å²) in [5, 5.41) is 3.67. The third-order valence-electron chi connectivity index (χ3n) is 2.66. The van der Waals surface area contributed by atoms with Gasteiger partial charge in [0.1, 0.15) is 0 Å². The molecule has 2 aromatic rings. The highest BCUT2D eigenvalue weighted by molar-refractivity contribution is 8.00. The fourth-order valence-corrected chi connectivity index (χ4v) is 2.92. The molecule has 4 nitrogen and oxygen atoms in total. The maximum Gasteiger partial charge on any atom is 0.316 e. The number of carbonyl (C=O) groups excluding carboxylic acids is 2. The van der Waals surface area contributed by atoms with E-state index in [2.05, 4.69) is 5.32 Å². The Kier molecular flexibility index (Phi) is 6.77. The lowest BCUT2D eigenvalue weighted by molar-refractivity contribution is -0.144. The Hall–Kier alpha value is -1.69. The zero-order valence-electron chi connectivity index (χ0n) is 11.9. The second-order valence-corrected chi connectivity index (χ2v) is 6.30. The molecule has 0 aliphatic heterocycles. The van der Waals surface area contributed by atoms with E-state index in [-0.39, 0.29) is 12.4 Å². The van der Waals surface area contributed by atoms with Gasteiger partial charge in [0, 0.05) is 15.6 Å². The average Bonchev–Trinajstić information content (AvgIpc) is 2.54. The third-order valence-corrected chi connectivity index (χ3v) is 4.37. The smallest absolute Gasteiger partial charge is 0.316 e. The summed E-state index contributed by atoms with van der Waals surface area (Å²) < 4.78 is 4.92. The molecule has 1 N–H and O–H groups in total. The Morgan fingerprint density at radius 2 is 1.83 bits per heavy atom. The molecule has 1 amide bonds. The van der Waals surface area contributed by atoms with E-state index in [9.17, 15) is 9.59 Å². The largest absolute Gasteiger partial charge is 0.455 e. The van der Waals surface area contributed by atoms with Crippen LogP contribution in [-0.2, 0) is 14.3 Å². The van der Waals surface area contributed by atoms with Crippen molar-refractivity contribution in [2.24, 2.45) is 0 Å². The van der Waals surface area contributed by atoms with E-state index in [0.29, 0.717) is 20.6 Å². The molecule has 7 heteroatoms. The molecule has 0 radical (unpaired) electrons. The quantitative estimate of drug-likeness (QED) is 0.610. The van der Waals surface area contributed by atoms with Crippen molar-refractivity contribution in [1.29, 1.82) is 0 Å². The van der Waals surface area contributed by atoms with Gasteiger partial charge in [-0.3, -0.25) is 9.59 Å². The summed E-state index contributed by atoms with van der Waals surface area (Å²) in [6, 6.07) is 13.9. The molecule has 2 aromatic carbocycles. The number of benzene rings is 2. The minimum absolute atomic E-state index is 0.0404. The molecule has 0 aliphatic rings. The molecule has 120 valence electrons. The van der Waals surface area contributed by atoms with Gasteiger partial charge in [-0.15, -0.1) is 11.8 Å². The molecule has 2 rings (SSSR count). The Morgan fingerprint density at radius 3 is 2.57 bits per heavy atom. The number of halogens is 2. The van der Waals surface area contributed by atoms with Crippen LogP contribution >= 0.6 is 35.0 Å². The van der Waals surface area contributed by atoms with Crippen LogP contribution in [0.15, 0.2) is 53.4 Å². The second kappa shape index (κ2) is 8.82. The Balaban J connectivity index is 1.74. The van der Waals surface area contributed by atoms with Crippen molar-refractivity contribution in [3.63, 3.8) is 0 Å². The number of thioether (sulfide) groups is 1.